The maximum atomic E-state index is 12.0. The van der Waals surface area contributed by atoms with Crippen molar-refractivity contribution >= 4 is 21.7 Å². The molecule has 2 heterocycles. The highest BCUT2D eigenvalue weighted by Gasteiger charge is 2.27. The number of fused-ring (bicyclic) bond motifs is 1. The zero-order valence-corrected chi connectivity index (χ0v) is 13.6. The Bertz CT molecular complexity index is 742. The lowest BCUT2D eigenvalue weighted by Crippen LogP contribution is -2.42. The van der Waals surface area contributed by atoms with Gasteiger partial charge >= 0.3 is 0 Å². The quantitative estimate of drug-likeness (QED) is 0.829. The molecule has 2 aliphatic rings. The standard InChI is InChI=1S/C16H20N2O4S/c19-15-6-4-13(18-15)16(20)17-8-7-11-3-5-14-12(10-11)2-1-9-23(14,21)22/h3,5,10,13H,1-2,4,6-9H2,(H,17,20)(H,18,19). The van der Waals surface area contributed by atoms with Crippen LogP contribution >= 0.6 is 0 Å². The van der Waals surface area contributed by atoms with Crippen LogP contribution in [0.15, 0.2) is 23.1 Å². The highest BCUT2D eigenvalue weighted by molar-refractivity contribution is 7.91. The van der Waals surface area contributed by atoms with Crippen LogP contribution in [-0.4, -0.2) is 38.6 Å². The first-order valence-electron chi connectivity index (χ1n) is 7.87. The van der Waals surface area contributed by atoms with Crippen LogP contribution in [0.25, 0.3) is 0 Å². The molecule has 124 valence electrons. The Morgan fingerprint density at radius 3 is 2.87 bits per heavy atom. The monoisotopic (exact) mass is 336 g/mol. The minimum atomic E-state index is -3.12. The molecule has 7 heteroatoms. The van der Waals surface area contributed by atoms with Crippen molar-refractivity contribution in [3.63, 3.8) is 0 Å². The Morgan fingerprint density at radius 2 is 2.13 bits per heavy atom. The Hall–Kier alpha value is -1.89. The molecule has 6 nitrogen and oxygen atoms in total. The number of carbonyl (C=O) groups excluding carboxylic acids is 2. The van der Waals surface area contributed by atoms with Gasteiger partial charge in [-0.3, -0.25) is 9.59 Å². The summed E-state index contributed by atoms with van der Waals surface area (Å²) in [4.78, 5) is 23.4. The molecule has 2 amide bonds. The van der Waals surface area contributed by atoms with E-state index >= 15 is 0 Å². The van der Waals surface area contributed by atoms with Gasteiger partial charge in [-0.2, -0.15) is 0 Å². The number of hydrogen-bond acceptors (Lipinski definition) is 4. The minimum absolute atomic E-state index is 0.0824. The van der Waals surface area contributed by atoms with Crippen molar-refractivity contribution in [2.75, 3.05) is 12.3 Å². The lowest BCUT2D eigenvalue weighted by Gasteiger charge is -2.17. The first-order chi connectivity index (χ1) is 11.0. The average molecular weight is 336 g/mol. The van der Waals surface area contributed by atoms with E-state index in [1.54, 1.807) is 6.07 Å². The molecule has 1 fully saturated rings. The van der Waals surface area contributed by atoms with Gasteiger partial charge in [0.2, 0.25) is 11.8 Å². The van der Waals surface area contributed by atoms with E-state index in [0.717, 1.165) is 17.5 Å². The predicted octanol–water partition coefficient (Wildman–Crippen LogP) is 0.344. The van der Waals surface area contributed by atoms with Crippen LogP contribution in [0.4, 0.5) is 0 Å². The average Bonchev–Trinajstić information content (AvgIpc) is 2.93. The predicted molar refractivity (Wildman–Crippen MR) is 84.7 cm³/mol. The molecule has 1 aromatic rings. The number of rotatable bonds is 4. The zero-order valence-electron chi connectivity index (χ0n) is 12.8. The SMILES string of the molecule is O=C1CCC(C(=O)NCCc2ccc3c(c2)CCCS3(=O)=O)N1. The van der Waals surface area contributed by atoms with Gasteiger partial charge in [-0.15, -0.1) is 0 Å². The summed E-state index contributed by atoms with van der Waals surface area (Å²) in [7, 11) is -3.12. The van der Waals surface area contributed by atoms with Crippen molar-refractivity contribution in [1.29, 1.82) is 0 Å². The molecule has 1 atom stereocenters. The molecule has 1 saturated heterocycles. The van der Waals surface area contributed by atoms with E-state index in [1.807, 2.05) is 12.1 Å². The van der Waals surface area contributed by atoms with E-state index < -0.39 is 15.9 Å². The molecule has 0 radical (unpaired) electrons. The van der Waals surface area contributed by atoms with Gasteiger partial charge in [0, 0.05) is 13.0 Å². The van der Waals surface area contributed by atoms with Gasteiger partial charge < -0.3 is 10.6 Å². The Morgan fingerprint density at radius 1 is 1.30 bits per heavy atom. The maximum Gasteiger partial charge on any atom is 0.242 e. The minimum Gasteiger partial charge on any atom is -0.354 e. The Kier molecular flexibility index (Phi) is 4.39. The molecule has 2 N–H and O–H groups in total. The van der Waals surface area contributed by atoms with E-state index in [4.69, 9.17) is 0 Å². The van der Waals surface area contributed by atoms with Crippen LogP contribution in [0, 0.1) is 0 Å². The fourth-order valence-electron chi connectivity index (χ4n) is 3.11. The van der Waals surface area contributed by atoms with Crippen molar-refractivity contribution < 1.29 is 18.0 Å². The van der Waals surface area contributed by atoms with Gasteiger partial charge in [0.15, 0.2) is 9.84 Å². The third kappa shape index (κ3) is 3.55. The van der Waals surface area contributed by atoms with E-state index in [1.165, 1.54) is 0 Å². The van der Waals surface area contributed by atoms with Crippen LogP contribution in [-0.2, 0) is 32.3 Å². The molecule has 0 aliphatic carbocycles. The van der Waals surface area contributed by atoms with Crippen LogP contribution < -0.4 is 10.6 Å². The van der Waals surface area contributed by atoms with E-state index in [-0.39, 0.29) is 17.6 Å². The number of carbonyl (C=O) groups is 2. The van der Waals surface area contributed by atoms with E-state index in [0.29, 0.717) is 37.1 Å². The molecular weight excluding hydrogens is 316 g/mol. The summed E-state index contributed by atoms with van der Waals surface area (Å²) in [5.41, 5.74) is 1.89. The fourth-order valence-corrected chi connectivity index (χ4v) is 4.69. The van der Waals surface area contributed by atoms with Crippen LogP contribution in [0.5, 0.6) is 0 Å². The smallest absolute Gasteiger partial charge is 0.242 e. The summed E-state index contributed by atoms with van der Waals surface area (Å²) in [6.45, 7) is 0.469. The molecule has 0 saturated carbocycles. The Labute approximate surface area is 135 Å². The van der Waals surface area contributed by atoms with Gasteiger partial charge in [0.25, 0.3) is 0 Å². The van der Waals surface area contributed by atoms with Crippen LogP contribution in [0.3, 0.4) is 0 Å². The zero-order chi connectivity index (χ0) is 16.4. The number of nitrogens with one attached hydrogen (secondary N) is 2. The fraction of sp³-hybridized carbons (Fsp3) is 0.500. The van der Waals surface area contributed by atoms with Crippen molar-refractivity contribution in [3.8, 4) is 0 Å². The number of amides is 2. The summed E-state index contributed by atoms with van der Waals surface area (Å²) in [6, 6.07) is 5.00. The van der Waals surface area contributed by atoms with E-state index in [9.17, 15) is 18.0 Å². The molecule has 2 aliphatic heterocycles. The van der Waals surface area contributed by atoms with Crippen molar-refractivity contribution in [1.82, 2.24) is 10.6 Å². The first-order valence-corrected chi connectivity index (χ1v) is 9.52. The first kappa shape index (κ1) is 16.0. The number of aryl methyl sites for hydroxylation is 1. The molecule has 0 aromatic heterocycles. The molecule has 0 bridgehead atoms. The molecular formula is C16H20N2O4S. The number of hydrogen-bond donors (Lipinski definition) is 2. The van der Waals surface area contributed by atoms with Gasteiger partial charge in [-0.1, -0.05) is 12.1 Å². The van der Waals surface area contributed by atoms with Crippen LogP contribution in [0.1, 0.15) is 30.4 Å². The summed E-state index contributed by atoms with van der Waals surface area (Å²) in [5, 5.41) is 5.45. The van der Waals surface area contributed by atoms with Crippen molar-refractivity contribution in [3.05, 3.63) is 29.3 Å². The lowest BCUT2D eigenvalue weighted by atomic mass is 10.0. The van der Waals surface area contributed by atoms with Gasteiger partial charge in [-0.25, -0.2) is 8.42 Å². The second-order valence-corrected chi connectivity index (χ2v) is 8.14. The van der Waals surface area contributed by atoms with Gasteiger partial charge in [-0.05, 0) is 42.9 Å². The summed E-state index contributed by atoms with van der Waals surface area (Å²) < 4.78 is 23.9. The second kappa shape index (κ2) is 6.31. The van der Waals surface area contributed by atoms with Crippen LogP contribution in [0.2, 0.25) is 0 Å². The molecule has 3 rings (SSSR count). The largest absolute Gasteiger partial charge is 0.354 e. The van der Waals surface area contributed by atoms with Crippen molar-refractivity contribution in [2.24, 2.45) is 0 Å². The number of benzene rings is 1. The second-order valence-electron chi connectivity index (χ2n) is 6.06. The summed E-state index contributed by atoms with van der Waals surface area (Å²) in [5.74, 6) is -0.0138. The highest BCUT2D eigenvalue weighted by Crippen LogP contribution is 2.25. The molecule has 1 aromatic carbocycles. The molecule has 23 heavy (non-hydrogen) atoms. The Balaban J connectivity index is 1.57. The topological polar surface area (TPSA) is 92.3 Å². The van der Waals surface area contributed by atoms with Gasteiger partial charge in [0.1, 0.15) is 6.04 Å². The maximum absolute atomic E-state index is 12.0. The highest BCUT2D eigenvalue weighted by atomic mass is 32.2. The molecule has 1 unspecified atom stereocenters. The molecule has 0 spiro atoms. The summed E-state index contributed by atoms with van der Waals surface area (Å²) in [6.07, 6.45) is 3.03. The van der Waals surface area contributed by atoms with E-state index in [2.05, 4.69) is 10.6 Å². The third-order valence-electron chi connectivity index (χ3n) is 4.34. The van der Waals surface area contributed by atoms with Gasteiger partial charge in [0.05, 0.1) is 10.6 Å². The third-order valence-corrected chi connectivity index (χ3v) is 6.24. The summed E-state index contributed by atoms with van der Waals surface area (Å²) >= 11 is 0. The van der Waals surface area contributed by atoms with Crippen molar-refractivity contribution in [2.45, 2.75) is 43.0 Å². The lowest BCUT2D eigenvalue weighted by molar-refractivity contribution is -0.125. The number of sulfone groups is 1. The normalized spacial score (nSPS) is 22.3.